The lowest BCUT2D eigenvalue weighted by Crippen LogP contribution is -2.34. The van der Waals surface area contributed by atoms with Gasteiger partial charge < -0.3 is 9.47 Å². The number of aromatic nitrogens is 2. The maximum absolute atomic E-state index is 12.5. The number of hydrogen-bond acceptors (Lipinski definition) is 5. The van der Waals surface area contributed by atoms with E-state index in [2.05, 4.69) is 5.10 Å². The molecule has 0 spiro atoms. The molecule has 0 amide bonds. The normalized spacial score (nSPS) is 15.7. The number of ether oxygens (including phenoxy) is 2. The zero-order valence-corrected chi connectivity index (χ0v) is 14.8. The van der Waals surface area contributed by atoms with Gasteiger partial charge in [-0.1, -0.05) is 13.8 Å². The van der Waals surface area contributed by atoms with Crippen molar-refractivity contribution in [1.29, 1.82) is 0 Å². The summed E-state index contributed by atoms with van der Waals surface area (Å²) in [5.41, 5.74) is 1.35. The zero-order valence-electron chi connectivity index (χ0n) is 14.8. The highest BCUT2D eigenvalue weighted by Crippen LogP contribution is 2.41. The Balaban J connectivity index is 2.45. The molecule has 6 nitrogen and oxygen atoms in total. The van der Waals surface area contributed by atoms with Crippen LogP contribution in [0.5, 0.6) is 0 Å². The smallest absolute Gasteiger partial charge is 0.330 e. The van der Waals surface area contributed by atoms with Gasteiger partial charge in [0.15, 0.2) is 6.04 Å². The number of esters is 1. The van der Waals surface area contributed by atoms with E-state index in [0.717, 1.165) is 18.4 Å². The molecular weight excluding hydrogens is 308 g/mol. The molecule has 0 aliphatic heterocycles. The molecule has 0 bridgehead atoms. The second-order valence-electron chi connectivity index (χ2n) is 6.47. The second kappa shape index (κ2) is 8.13. The van der Waals surface area contributed by atoms with E-state index in [9.17, 15) is 9.59 Å². The first-order chi connectivity index (χ1) is 11.5. The van der Waals surface area contributed by atoms with Crippen molar-refractivity contribution >= 4 is 12.0 Å². The molecule has 0 N–H and O–H groups in total. The van der Waals surface area contributed by atoms with Crippen molar-refractivity contribution < 1.29 is 14.3 Å². The predicted octanol–water partition coefficient (Wildman–Crippen LogP) is 2.89. The van der Waals surface area contributed by atoms with Crippen molar-refractivity contribution in [2.75, 3.05) is 13.7 Å². The fourth-order valence-corrected chi connectivity index (χ4v) is 2.66. The zero-order chi connectivity index (χ0) is 17.7. The van der Waals surface area contributed by atoms with Crippen molar-refractivity contribution in [3.8, 4) is 0 Å². The van der Waals surface area contributed by atoms with Crippen LogP contribution >= 0.6 is 0 Å². The number of rotatable bonds is 8. The third-order valence-electron chi connectivity index (χ3n) is 3.99. The number of carbonyl (C=O) groups is 1. The average molecular weight is 334 g/mol. The molecule has 1 aliphatic rings. The summed E-state index contributed by atoms with van der Waals surface area (Å²) in [6.07, 6.45) is 5.96. The molecule has 6 heteroatoms. The molecule has 1 heterocycles. The summed E-state index contributed by atoms with van der Waals surface area (Å²) in [7, 11) is 1.33. The Kier molecular flexibility index (Phi) is 6.17. The number of carbonyl (C=O) groups excluding carboxylic acids is 1. The lowest BCUT2D eigenvalue weighted by molar-refractivity contribution is -0.145. The maximum Gasteiger partial charge on any atom is 0.330 e. The van der Waals surface area contributed by atoms with E-state index in [1.165, 1.54) is 11.8 Å². The highest BCUT2D eigenvalue weighted by atomic mass is 16.5. The van der Waals surface area contributed by atoms with Gasteiger partial charge in [0.1, 0.15) is 0 Å². The van der Waals surface area contributed by atoms with Gasteiger partial charge >= 0.3 is 5.97 Å². The number of methoxy groups -OCH3 is 1. The van der Waals surface area contributed by atoms with Gasteiger partial charge in [-0.2, -0.15) is 5.10 Å². The van der Waals surface area contributed by atoms with Gasteiger partial charge in [-0.05, 0) is 43.6 Å². The lowest BCUT2D eigenvalue weighted by Gasteiger charge is -2.19. The monoisotopic (exact) mass is 334 g/mol. The minimum atomic E-state index is -0.713. The molecule has 0 radical (unpaired) electrons. The summed E-state index contributed by atoms with van der Waals surface area (Å²) in [6, 6.07) is 0.891. The van der Waals surface area contributed by atoms with E-state index in [4.69, 9.17) is 9.47 Å². The van der Waals surface area contributed by atoms with Crippen molar-refractivity contribution in [1.82, 2.24) is 9.78 Å². The van der Waals surface area contributed by atoms with Crippen LogP contribution in [0.15, 0.2) is 17.1 Å². The van der Waals surface area contributed by atoms with Gasteiger partial charge in [-0.15, -0.1) is 0 Å². The largest absolute Gasteiger partial charge is 0.501 e. The summed E-state index contributed by atoms with van der Waals surface area (Å²) < 4.78 is 11.4. The minimum Gasteiger partial charge on any atom is -0.501 e. The molecule has 24 heavy (non-hydrogen) atoms. The Labute approximate surface area is 142 Å². The van der Waals surface area contributed by atoms with Gasteiger partial charge in [-0.3, -0.25) is 4.79 Å². The molecule has 1 fully saturated rings. The third-order valence-corrected chi connectivity index (χ3v) is 3.99. The van der Waals surface area contributed by atoms with E-state index < -0.39 is 12.0 Å². The Hall–Kier alpha value is -2.11. The standard InChI is InChI=1S/C18H26N2O4/c1-5-24-9-8-15-14(13-6-7-13)11-17(21)20(19-15)16(10-12(2)3)18(22)23-4/h8-9,11-13,16H,5-7,10H2,1-4H3. The average Bonchev–Trinajstić information content (AvgIpc) is 3.38. The first-order valence-electron chi connectivity index (χ1n) is 8.47. The molecule has 1 aromatic heterocycles. The lowest BCUT2D eigenvalue weighted by atomic mass is 10.0. The topological polar surface area (TPSA) is 70.4 Å². The predicted molar refractivity (Wildman–Crippen MR) is 91.6 cm³/mol. The molecular formula is C18H26N2O4. The van der Waals surface area contributed by atoms with E-state index in [0.29, 0.717) is 24.6 Å². The van der Waals surface area contributed by atoms with Gasteiger partial charge in [-0.25, -0.2) is 9.48 Å². The van der Waals surface area contributed by atoms with Crippen LogP contribution in [0.2, 0.25) is 0 Å². The second-order valence-corrected chi connectivity index (χ2v) is 6.47. The summed E-state index contributed by atoms with van der Waals surface area (Å²) in [6.45, 7) is 6.45. The Bertz CT molecular complexity index is 659. The van der Waals surface area contributed by atoms with Crippen LogP contribution in [0, 0.1) is 5.92 Å². The molecule has 1 aromatic rings. The van der Waals surface area contributed by atoms with Gasteiger partial charge in [0.25, 0.3) is 5.56 Å². The van der Waals surface area contributed by atoms with E-state index in [1.807, 2.05) is 20.8 Å². The van der Waals surface area contributed by atoms with Crippen molar-refractivity contribution in [2.24, 2.45) is 5.92 Å². The summed E-state index contributed by atoms with van der Waals surface area (Å²) in [5.74, 6) is 0.160. The van der Waals surface area contributed by atoms with Crippen LogP contribution in [0.3, 0.4) is 0 Å². The molecule has 1 saturated carbocycles. The van der Waals surface area contributed by atoms with Gasteiger partial charge in [0, 0.05) is 12.1 Å². The van der Waals surface area contributed by atoms with Crippen molar-refractivity contribution in [2.45, 2.75) is 52.0 Å². The Morgan fingerprint density at radius 1 is 1.46 bits per heavy atom. The van der Waals surface area contributed by atoms with Crippen LogP contribution in [-0.2, 0) is 14.3 Å². The first kappa shape index (κ1) is 18.2. The molecule has 1 unspecified atom stereocenters. The fraction of sp³-hybridized carbons (Fsp3) is 0.611. The van der Waals surface area contributed by atoms with Crippen LogP contribution in [0.4, 0.5) is 0 Å². The van der Waals surface area contributed by atoms with Crippen LogP contribution in [-0.4, -0.2) is 29.5 Å². The van der Waals surface area contributed by atoms with E-state index in [-0.39, 0.29) is 11.5 Å². The maximum atomic E-state index is 12.5. The molecule has 132 valence electrons. The van der Waals surface area contributed by atoms with Crippen molar-refractivity contribution in [3.63, 3.8) is 0 Å². The van der Waals surface area contributed by atoms with Crippen LogP contribution in [0.25, 0.3) is 6.08 Å². The summed E-state index contributed by atoms with van der Waals surface area (Å²) >= 11 is 0. The summed E-state index contributed by atoms with van der Waals surface area (Å²) in [4.78, 5) is 24.7. The molecule has 1 atom stereocenters. The highest BCUT2D eigenvalue weighted by molar-refractivity contribution is 5.74. The van der Waals surface area contributed by atoms with Gasteiger partial charge in [0.2, 0.25) is 0 Å². The van der Waals surface area contributed by atoms with Gasteiger partial charge in [0.05, 0.1) is 25.7 Å². The van der Waals surface area contributed by atoms with E-state index >= 15 is 0 Å². The highest BCUT2D eigenvalue weighted by Gasteiger charge is 2.30. The fourth-order valence-electron chi connectivity index (χ4n) is 2.66. The minimum absolute atomic E-state index is 0.230. The summed E-state index contributed by atoms with van der Waals surface area (Å²) in [5, 5.41) is 4.46. The third kappa shape index (κ3) is 4.46. The van der Waals surface area contributed by atoms with Crippen molar-refractivity contribution in [3.05, 3.63) is 33.9 Å². The Morgan fingerprint density at radius 3 is 2.71 bits per heavy atom. The number of nitrogens with zero attached hydrogens (tertiary/aromatic N) is 2. The molecule has 0 saturated heterocycles. The first-order valence-corrected chi connectivity index (χ1v) is 8.47. The van der Waals surface area contributed by atoms with E-state index in [1.54, 1.807) is 18.4 Å². The molecule has 2 rings (SSSR count). The Morgan fingerprint density at radius 2 is 2.17 bits per heavy atom. The van der Waals surface area contributed by atoms with Crippen LogP contribution in [0.1, 0.15) is 63.3 Å². The molecule has 0 aromatic carbocycles. The number of hydrogen-bond donors (Lipinski definition) is 0. The SMILES string of the molecule is CCOC=Cc1nn(C(CC(C)C)C(=O)OC)c(=O)cc1C1CC1. The van der Waals surface area contributed by atoms with Crippen LogP contribution < -0.4 is 5.56 Å². The molecule has 1 aliphatic carbocycles. The quantitative estimate of drug-likeness (QED) is 0.540.